The van der Waals surface area contributed by atoms with E-state index >= 15 is 0 Å². The van der Waals surface area contributed by atoms with Crippen molar-refractivity contribution < 1.29 is 0 Å². The van der Waals surface area contributed by atoms with Crippen molar-refractivity contribution in [2.24, 2.45) is 11.7 Å². The average Bonchev–Trinajstić information content (AvgIpc) is 2.89. The summed E-state index contributed by atoms with van der Waals surface area (Å²) in [6, 6.07) is 0.799. The molecule has 2 rings (SSSR count). The van der Waals surface area contributed by atoms with Crippen molar-refractivity contribution in [2.75, 3.05) is 11.4 Å². The first-order valence-electron chi connectivity index (χ1n) is 7.45. The maximum absolute atomic E-state index is 5.96. The number of anilines is 1. The Balaban J connectivity index is 2.05. The van der Waals surface area contributed by atoms with Gasteiger partial charge in [0.15, 0.2) is 0 Å². The number of aromatic nitrogens is 2. The van der Waals surface area contributed by atoms with Crippen LogP contribution in [-0.4, -0.2) is 28.6 Å². The summed E-state index contributed by atoms with van der Waals surface area (Å²) >= 11 is 0. The summed E-state index contributed by atoms with van der Waals surface area (Å²) in [6.07, 6.45) is 8.23. The molecule has 0 radical (unpaired) electrons. The van der Waals surface area contributed by atoms with Crippen LogP contribution in [0.5, 0.6) is 0 Å². The molecule has 0 saturated carbocycles. The maximum Gasteiger partial charge on any atom is 0.225 e. The summed E-state index contributed by atoms with van der Waals surface area (Å²) in [7, 11) is 0. The molecular formula is C15H26N4. The molecule has 1 fully saturated rings. The van der Waals surface area contributed by atoms with Crippen molar-refractivity contribution in [3.05, 3.63) is 18.0 Å². The Hall–Kier alpha value is -1.16. The van der Waals surface area contributed by atoms with E-state index in [2.05, 4.69) is 35.6 Å². The molecule has 2 N–H and O–H groups in total. The van der Waals surface area contributed by atoms with Gasteiger partial charge in [-0.15, -0.1) is 0 Å². The van der Waals surface area contributed by atoms with Crippen molar-refractivity contribution in [3.8, 4) is 0 Å². The van der Waals surface area contributed by atoms with E-state index in [1.54, 1.807) is 0 Å². The third kappa shape index (κ3) is 3.44. The summed E-state index contributed by atoms with van der Waals surface area (Å²) < 4.78 is 0. The lowest BCUT2D eigenvalue weighted by Crippen LogP contribution is -2.34. The van der Waals surface area contributed by atoms with Gasteiger partial charge in [0.1, 0.15) is 0 Å². The minimum Gasteiger partial charge on any atom is -0.338 e. The Labute approximate surface area is 116 Å². The van der Waals surface area contributed by atoms with Crippen LogP contribution in [0.4, 0.5) is 5.95 Å². The molecule has 1 aromatic heterocycles. The summed E-state index contributed by atoms with van der Waals surface area (Å²) in [5.74, 6) is 1.53. The van der Waals surface area contributed by atoms with Crippen LogP contribution < -0.4 is 10.6 Å². The van der Waals surface area contributed by atoms with Crippen molar-refractivity contribution in [1.82, 2.24) is 9.97 Å². The van der Waals surface area contributed by atoms with Crippen LogP contribution in [0.2, 0.25) is 0 Å². The van der Waals surface area contributed by atoms with Crippen molar-refractivity contribution >= 4 is 5.95 Å². The largest absolute Gasteiger partial charge is 0.338 e. The lowest BCUT2D eigenvalue weighted by atomic mass is 10.0. The van der Waals surface area contributed by atoms with Gasteiger partial charge in [-0.25, -0.2) is 9.97 Å². The van der Waals surface area contributed by atoms with E-state index in [0.717, 1.165) is 30.9 Å². The van der Waals surface area contributed by atoms with Crippen molar-refractivity contribution in [2.45, 2.75) is 58.5 Å². The van der Waals surface area contributed by atoms with Crippen LogP contribution in [0, 0.1) is 5.92 Å². The summed E-state index contributed by atoms with van der Waals surface area (Å²) in [6.45, 7) is 7.74. The van der Waals surface area contributed by atoms with Gasteiger partial charge in [-0.3, -0.25) is 0 Å². The maximum atomic E-state index is 5.96. The first-order valence-corrected chi connectivity index (χ1v) is 7.45. The van der Waals surface area contributed by atoms with E-state index in [0.29, 0.717) is 12.0 Å². The third-order valence-electron chi connectivity index (χ3n) is 4.04. The van der Waals surface area contributed by atoms with Gasteiger partial charge in [0.05, 0.1) is 0 Å². The Morgan fingerprint density at radius 2 is 2.05 bits per heavy atom. The standard InChI is InChI=1S/C15H26N4/c1-4-13(16)8-12-9-17-15(18-10-12)19-7-5-6-14(19)11(2)3/h9-11,13-14H,4-8,16H2,1-3H3. The van der Waals surface area contributed by atoms with E-state index in [9.17, 15) is 0 Å². The predicted octanol–water partition coefficient (Wildman–Crippen LogP) is 2.38. The van der Waals surface area contributed by atoms with Crippen LogP contribution in [0.3, 0.4) is 0 Å². The van der Waals surface area contributed by atoms with E-state index in [4.69, 9.17) is 5.73 Å². The number of nitrogens with two attached hydrogens (primary N) is 1. The molecule has 1 aliphatic rings. The molecule has 4 nitrogen and oxygen atoms in total. The highest BCUT2D eigenvalue weighted by Crippen LogP contribution is 2.27. The smallest absolute Gasteiger partial charge is 0.225 e. The van der Waals surface area contributed by atoms with Crippen molar-refractivity contribution in [1.29, 1.82) is 0 Å². The van der Waals surface area contributed by atoms with Gasteiger partial charge in [0, 0.05) is 31.0 Å². The molecule has 1 aliphatic heterocycles. The minimum absolute atomic E-state index is 0.213. The van der Waals surface area contributed by atoms with Crippen LogP contribution in [0.1, 0.15) is 45.6 Å². The van der Waals surface area contributed by atoms with Crippen LogP contribution in [0.15, 0.2) is 12.4 Å². The fourth-order valence-corrected chi connectivity index (χ4v) is 2.78. The molecular weight excluding hydrogens is 236 g/mol. The fraction of sp³-hybridized carbons (Fsp3) is 0.733. The highest BCUT2D eigenvalue weighted by atomic mass is 15.3. The zero-order valence-corrected chi connectivity index (χ0v) is 12.3. The van der Waals surface area contributed by atoms with E-state index in [1.165, 1.54) is 12.8 Å². The Bertz CT molecular complexity index is 388. The number of rotatable bonds is 5. The minimum atomic E-state index is 0.213. The highest BCUT2D eigenvalue weighted by molar-refractivity contribution is 5.33. The van der Waals surface area contributed by atoms with Crippen molar-refractivity contribution in [3.63, 3.8) is 0 Å². The zero-order valence-electron chi connectivity index (χ0n) is 12.3. The highest BCUT2D eigenvalue weighted by Gasteiger charge is 2.28. The number of hydrogen-bond acceptors (Lipinski definition) is 4. The zero-order chi connectivity index (χ0) is 13.8. The first-order chi connectivity index (χ1) is 9.11. The summed E-state index contributed by atoms with van der Waals surface area (Å²) in [5.41, 5.74) is 7.10. The van der Waals surface area contributed by atoms with Crippen LogP contribution >= 0.6 is 0 Å². The lowest BCUT2D eigenvalue weighted by Gasteiger charge is -2.27. The molecule has 0 bridgehead atoms. The van der Waals surface area contributed by atoms with E-state index in [1.807, 2.05) is 12.4 Å². The normalized spacial score (nSPS) is 21.1. The fourth-order valence-electron chi connectivity index (χ4n) is 2.78. The number of hydrogen-bond donors (Lipinski definition) is 1. The summed E-state index contributed by atoms with van der Waals surface area (Å²) in [5, 5.41) is 0. The second-order valence-corrected chi connectivity index (χ2v) is 5.91. The van der Waals surface area contributed by atoms with E-state index in [-0.39, 0.29) is 6.04 Å². The molecule has 0 aromatic carbocycles. The van der Waals surface area contributed by atoms with Gasteiger partial charge < -0.3 is 10.6 Å². The van der Waals surface area contributed by atoms with Gasteiger partial charge in [0.2, 0.25) is 5.95 Å². The first kappa shape index (κ1) is 14.3. The molecule has 2 atom stereocenters. The molecule has 0 spiro atoms. The molecule has 1 aromatic rings. The monoisotopic (exact) mass is 262 g/mol. The molecule has 4 heteroatoms. The average molecular weight is 262 g/mol. The second-order valence-electron chi connectivity index (χ2n) is 5.91. The van der Waals surface area contributed by atoms with E-state index < -0.39 is 0 Å². The second kappa shape index (κ2) is 6.33. The van der Waals surface area contributed by atoms with Crippen LogP contribution in [0.25, 0.3) is 0 Å². The molecule has 2 unspecified atom stereocenters. The molecule has 0 aliphatic carbocycles. The quantitative estimate of drug-likeness (QED) is 0.885. The molecule has 106 valence electrons. The van der Waals surface area contributed by atoms with Gasteiger partial charge >= 0.3 is 0 Å². The number of nitrogens with zero attached hydrogens (tertiary/aromatic N) is 3. The van der Waals surface area contributed by atoms with Gasteiger partial charge in [-0.1, -0.05) is 20.8 Å². The lowest BCUT2D eigenvalue weighted by molar-refractivity contribution is 0.486. The molecule has 19 heavy (non-hydrogen) atoms. The Kier molecular flexibility index (Phi) is 4.75. The van der Waals surface area contributed by atoms with Gasteiger partial charge in [-0.05, 0) is 37.2 Å². The third-order valence-corrected chi connectivity index (χ3v) is 4.04. The predicted molar refractivity (Wildman–Crippen MR) is 79.2 cm³/mol. The molecule has 2 heterocycles. The Morgan fingerprint density at radius 3 is 2.63 bits per heavy atom. The summed E-state index contributed by atoms with van der Waals surface area (Å²) in [4.78, 5) is 11.4. The topological polar surface area (TPSA) is 55.0 Å². The van der Waals surface area contributed by atoms with Crippen LogP contribution in [-0.2, 0) is 6.42 Å². The molecule has 0 amide bonds. The van der Waals surface area contributed by atoms with Gasteiger partial charge in [0.25, 0.3) is 0 Å². The molecule has 1 saturated heterocycles. The Morgan fingerprint density at radius 1 is 1.37 bits per heavy atom. The SMILES string of the molecule is CCC(N)Cc1cnc(N2CCCC2C(C)C)nc1. The van der Waals surface area contributed by atoms with Gasteiger partial charge in [-0.2, -0.15) is 0 Å².